The van der Waals surface area contributed by atoms with E-state index in [-0.39, 0.29) is 42.0 Å². The monoisotopic (exact) mass is 571 g/mol. The molecule has 4 rings (SSSR count). The maximum absolute atomic E-state index is 15.8. The van der Waals surface area contributed by atoms with Gasteiger partial charge in [0.15, 0.2) is 17.3 Å². The van der Waals surface area contributed by atoms with Crippen LogP contribution in [0.3, 0.4) is 0 Å². The van der Waals surface area contributed by atoms with Crippen molar-refractivity contribution in [3.05, 3.63) is 65.0 Å². The first-order valence-corrected chi connectivity index (χ1v) is 14.7. The Balaban J connectivity index is 1.63. The first-order chi connectivity index (χ1) is 19.0. The van der Waals surface area contributed by atoms with Crippen LogP contribution >= 0.6 is 0 Å². The first kappa shape index (κ1) is 29.1. The van der Waals surface area contributed by atoms with Gasteiger partial charge in [0.25, 0.3) is 0 Å². The lowest BCUT2D eigenvalue weighted by Crippen LogP contribution is -2.40. The van der Waals surface area contributed by atoms with E-state index >= 15 is 4.39 Å². The highest BCUT2D eigenvalue weighted by atomic mass is 32.2. The zero-order valence-corrected chi connectivity index (χ0v) is 23.3. The second-order valence-electron chi connectivity index (χ2n) is 9.79. The third-order valence-corrected chi connectivity index (χ3v) is 8.63. The fraction of sp³-hybridized carbons (Fsp3) is 0.393. The molecule has 2 heterocycles. The van der Waals surface area contributed by atoms with E-state index in [1.54, 1.807) is 50.3 Å². The van der Waals surface area contributed by atoms with E-state index in [9.17, 15) is 13.2 Å². The minimum atomic E-state index is -4.22. The zero-order chi connectivity index (χ0) is 29.0. The molecule has 0 bridgehead atoms. The van der Waals surface area contributed by atoms with E-state index in [0.717, 1.165) is 4.31 Å². The molecule has 2 aliphatic rings. The van der Waals surface area contributed by atoms with E-state index in [1.165, 1.54) is 12.1 Å². The SMILES string of the molecule is CCOC(=O)CS(=O)(=O)N1c2ccc(OC3CCN(C(C)=N)CC3)c(F)c2CC1/C=C/c1cccc(C(=N)N)c1. The van der Waals surface area contributed by atoms with Gasteiger partial charge in [-0.3, -0.25) is 19.9 Å². The van der Waals surface area contributed by atoms with Crippen molar-refractivity contribution in [1.82, 2.24) is 4.90 Å². The summed E-state index contributed by atoms with van der Waals surface area (Å²) >= 11 is 0. The molecule has 2 aromatic rings. The Morgan fingerprint density at radius 2 is 1.93 bits per heavy atom. The van der Waals surface area contributed by atoms with Crippen molar-refractivity contribution in [2.24, 2.45) is 5.73 Å². The Kier molecular flexibility index (Phi) is 8.77. The van der Waals surface area contributed by atoms with Crippen LogP contribution in [0.2, 0.25) is 0 Å². The average Bonchev–Trinajstić information content (AvgIpc) is 3.30. The Bertz CT molecular complexity index is 1440. The van der Waals surface area contributed by atoms with Gasteiger partial charge in [-0.05, 0) is 37.6 Å². The van der Waals surface area contributed by atoms with Crippen LogP contribution in [-0.2, 0) is 26.0 Å². The lowest BCUT2D eigenvalue weighted by molar-refractivity contribution is -0.139. The van der Waals surface area contributed by atoms with E-state index < -0.39 is 33.6 Å². The number of halogens is 1. The van der Waals surface area contributed by atoms with E-state index in [4.69, 9.17) is 26.0 Å². The number of benzene rings is 2. The molecule has 0 aliphatic carbocycles. The van der Waals surface area contributed by atoms with Gasteiger partial charge < -0.3 is 20.1 Å². The number of fused-ring (bicyclic) bond motifs is 1. The summed E-state index contributed by atoms with van der Waals surface area (Å²) in [6.45, 7) is 4.64. The summed E-state index contributed by atoms with van der Waals surface area (Å²) in [6, 6.07) is 9.02. The highest BCUT2D eigenvalue weighted by Gasteiger charge is 2.40. The van der Waals surface area contributed by atoms with Crippen molar-refractivity contribution in [3.8, 4) is 5.75 Å². The average molecular weight is 572 g/mol. The van der Waals surface area contributed by atoms with Crippen molar-refractivity contribution in [2.45, 2.75) is 45.3 Å². The summed E-state index contributed by atoms with van der Waals surface area (Å²) in [4.78, 5) is 14.1. The number of carbonyl (C=O) groups excluding carboxylic acids is 1. The first-order valence-electron chi connectivity index (χ1n) is 13.1. The van der Waals surface area contributed by atoms with Gasteiger partial charge in [0.05, 0.1) is 24.2 Å². The molecule has 0 radical (unpaired) electrons. The minimum absolute atomic E-state index is 0.0361. The predicted molar refractivity (Wildman–Crippen MR) is 152 cm³/mol. The predicted octanol–water partition coefficient (Wildman–Crippen LogP) is 3.29. The van der Waals surface area contributed by atoms with Crippen molar-refractivity contribution < 1.29 is 27.1 Å². The molecule has 12 heteroatoms. The Hall–Kier alpha value is -3.93. The van der Waals surface area contributed by atoms with Crippen LogP contribution in [-0.4, -0.2) is 68.6 Å². The van der Waals surface area contributed by atoms with E-state index in [1.807, 2.05) is 4.90 Å². The number of nitrogens with one attached hydrogen (secondary N) is 2. The number of sulfonamides is 1. The quantitative estimate of drug-likeness (QED) is 0.237. The van der Waals surface area contributed by atoms with Gasteiger partial charge in [-0.25, -0.2) is 12.8 Å². The molecular formula is C28H34FN5O5S. The summed E-state index contributed by atoms with van der Waals surface area (Å²) in [5, 5.41) is 15.4. The summed E-state index contributed by atoms with van der Waals surface area (Å²) in [7, 11) is -4.22. The number of ether oxygens (including phenoxy) is 2. The smallest absolute Gasteiger partial charge is 0.323 e. The van der Waals surface area contributed by atoms with Gasteiger partial charge in [0, 0.05) is 43.5 Å². The maximum atomic E-state index is 15.8. The number of hydrogen-bond acceptors (Lipinski definition) is 7. The molecule has 4 N–H and O–H groups in total. The number of piperidine rings is 1. The van der Waals surface area contributed by atoms with E-state index in [2.05, 4.69) is 0 Å². The molecule has 0 aromatic heterocycles. The molecule has 10 nitrogen and oxygen atoms in total. The van der Waals surface area contributed by atoms with Crippen LogP contribution in [0.4, 0.5) is 10.1 Å². The number of nitrogens with zero attached hydrogens (tertiary/aromatic N) is 2. The second-order valence-corrected chi connectivity index (χ2v) is 11.6. The number of anilines is 1. The number of esters is 1. The molecule has 1 fully saturated rings. The van der Waals surface area contributed by atoms with Crippen LogP contribution in [0.25, 0.3) is 6.08 Å². The molecule has 0 amide bonds. The number of nitrogens with two attached hydrogens (primary N) is 1. The minimum Gasteiger partial charge on any atom is -0.487 e. The number of hydrogen-bond donors (Lipinski definition) is 3. The van der Waals surface area contributed by atoms with Crippen LogP contribution in [0.15, 0.2) is 42.5 Å². The largest absolute Gasteiger partial charge is 0.487 e. The standard InChI is InChI=1S/C28H34FN5O5S/c1-3-38-26(35)17-40(36,37)34-21(8-7-19-5-4-6-20(15-19)28(31)32)16-23-24(34)9-10-25(27(23)29)39-22-11-13-33(14-12-22)18(2)30/h4-10,15,21-22,30H,3,11-14,16-17H2,1-2H3,(H3,31,32)/b8-7+,30-18?. The topological polar surface area (TPSA) is 150 Å². The lowest BCUT2D eigenvalue weighted by atomic mass is 10.1. The van der Waals surface area contributed by atoms with Crippen LogP contribution in [0.5, 0.6) is 5.75 Å². The van der Waals surface area contributed by atoms with Gasteiger partial charge in [0.2, 0.25) is 10.0 Å². The Morgan fingerprint density at radius 3 is 2.58 bits per heavy atom. The molecule has 2 aliphatic heterocycles. The third kappa shape index (κ3) is 6.44. The molecular weight excluding hydrogens is 537 g/mol. The van der Waals surface area contributed by atoms with Crippen LogP contribution in [0, 0.1) is 16.6 Å². The molecule has 0 saturated carbocycles. The molecule has 1 unspecified atom stereocenters. The van der Waals surface area contributed by atoms with Crippen LogP contribution < -0.4 is 14.8 Å². The molecule has 214 valence electrons. The van der Waals surface area contributed by atoms with Gasteiger partial charge >= 0.3 is 5.97 Å². The summed E-state index contributed by atoms with van der Waals surface area (Å²) in [5.41, 5.74) is 7.12. The van der Waals surface area contributed by atoms with Gasteiger partial charge in [-0.1, -0.05) is 30.4 Å². The molecule has 2 aromatic carbocycles. The van der Waals surface area contributed by atoms with E-state index in [0.29, 0.717) is 42.9 Å². The van der Waals surface area contributed by atoms with Gasteiger partial charge in [-0.2, -0.15) is 0 Å². The molecule has 1 atom stereocenters. The summed E-state index contributed by atoms with van der Waals surface area (Å²) < 4.78 is 54.6. The number of rotatable bonds is 9. The third-order valence-electron chi connectivity index (χ3n) is 6.96. The number of likely N-dealkylation sites (tertiary alicyclic amines) is 1. The Labute approximate surface area is 233 Å². The highest BCUT2D eigenvalue weighted by molar-refractivity contribution is 7.93. The normalized spacial score (nSPS) is 17.6. The molecule has 40 heavy (non-hydrogen) atoms. The van der Waals surface area contributed by atoms with Crippen molar-refractivity contribution in [3.63, 3.8) is 0 Å². The van der Waals surface area contributed by atoms with Gasteiger partial charge in [-0.15, -0.1) is 0 Å². The fourth-order valence-electron chi connectivity index (χ4n) is 5.00. The lowest BCUT2D eigenvalue weighted by Gasteiger charge is -2.33. The zero-order valence-electron chi connectivity index (χ0n) is 22.5. The Morgan fingerprint density at radius 1 is 1.20 bits per heavy atom. The van der Waals surface area contributed by atoms with Crippen molar-refractivity contribution >= 4 is 39.4 Å². The van der Waals surface area contributed by atoms with Crippen LogP contribution in [0.1, 0.15) is 43.4 Å². The molecule has 1 saturated heterocycles. The summed E-state index contributed by atoms with van der Waals surface area (Å²) in [6.07, 6.45) is 4.41. The number of amidine groups is 2. The molecule has 0 spiro atoms. The van der Waals surface area contributed by atoms with Crippen molar-refractivity contribution in [1.29, 1.82) is 10.8 Å². The fourth-order valence-corrected chi connectivity index (χ4v) is 6.54. The summed E-state index contributed by atoms with van der Waals surface area (Å²) in [5.74, 6) is -1.97. The maximum Gasteiger partial charge on any atom is 0.323 e. The number of nitrogen functional groups attached to an aromatic ring is 1. The number of carbonyl (C=O) groups is 1. The highest BCUT2D eigenvalue weighted by Crippen LogP contribution is 2.41. The van der Waals surface area contributed by atoms with Gasteiger partial charge in [0.1, 0.15) is 11.9 Å². The second kappa shape index (κ2) is 12.1. The van der Waals surface area contributed by atoms with Crippen molar-refractivity contribution in [2.75, 3.05) is 29.8 Å².